The Morgan fingerprint density at radius 2 is 1.62 bits per heavy atom. The number of hydrogen-bond acceptors (Lipinski definition) is 5. The van der Waals surface area contributed by atoms with Gasteiger partial charge < -0.3 is 19.1 Å². The first-order valence-corrected chi connectivity index (χ1v) is 11.8. The molecule has 0 aliphatic carbocycles. The van der Waals surface area contributed by atoms with E-state index in [0.717, 1.165) is 12.1 Å². The van der Waals surface area contributed by atoms with Crippen LogP contribution in [0.25, 0.3) is 0 Å². The fourth-order valence-electron chi connectivity index (χ4n) is 3.80. The zero-order valence-corrected chi connectivity index (χ0v) is 21.7. The molecule has 1 aliphatic rings. The van der Waals surface area contributed by atoms with Gasteiger partial charge in [-0.3, -0.25) is 9.69 Å². The number of methoxy groups -OCH3 is 2. The van der Waals surface area contributed by atoms with Crippen LogP contribution < -0.4 is 14.2 Å². The van der Waals surface area contributed by atoms with Gasteiger partial charge in [0.25, 0.3) is 5.91 Å². The maximum Gasteiger partial charge on any atom is 0.260 e. The van der Waals surface area contributed by atoms with Gasteiger partial charge in [-0.2, -0.15) is 0 Å². The molecule has 6 nitrogen and oxygen atoms in total. The zero-order valence-electron chi connectivity index (χ0n) is 18.5. The van der Waals surface area contributed by atoms with E-state index in [4.69, 9.17) is 14.2 Å². The maximum absolute atomic E-state index is 13.2. The van der Waals surface area contributed by atoms with Gasteiger partial charge in [0.15, 0.2) is 12.4 Å². The Balaban J connectivity index is 1.65. The molecule has 0 aromatic heterocycles. The molecule has 1 aliphatic heterocycles. The highest BCUT2D eigenvalue weighted by molar-refractivity contribution is 9.11. The summed E-state index contributed by atoms with van der Waals surface area (Å²) in [6.07, 6.45) is 0. The molecular weight excluding hydrogens is 547 g/mol. The summed E-state index contributed by atoms with van der Waals surface area (Å²) in [5.41, 5.74) is 1.05. The van der Waals surface area contributed by atoms with Crippen molar-refractivity contribution < 1.29 is 23.4 Å². The molecule has 1 fully saturated rings. The SMILES string of the molecule is COc1cc(OC)c(Br)c(OCC(=O)N2C[C@@H](C)N(Cc3ccc(F)cc3)C[C@@H]2C)c1Br. The molecule has 2 aromatic carbocycles. The van der Waals surface area contributed by atoms with Crippen LogP contribution in [0.1, 0.15) is 19.4 Å². The predicted molar refractivity (Wildman–Crippen MR) is 128 cm³/mol. The summed E-state index contributed by atoms with van der Waals surface area (Å²) < 4.78 is 31.0. The normalized spacial score (nSPS) is 19.0. The van der Waals surface area contributed by atoms with Crippen molar-refractivity contribution in [3.05, 3.63) is 50.7 Å². The summed E-state index contributed by atoms with van der Waals surface area (Å²) in [5.74, 6) is 1.21. The lowest BCUT2D eigenvalue weighted by Crippen LogP contribution is -2.58. The molecule has 1 saturated heterocycles. The lowest BCUT2D eigenvalue weighted by Gasteiger charge is -2.44. The first-order valence-electron chi connectivity index (χ1n) is 10.3. The van der Waals surface area contributed by atoms with Crippen LogP contribution in [0.15, 0.2) is 39.3 Å². The van der Waals surface area contributed by atoms with E-state index in [9.17, 15) is 9.18 Å². The van der Waals surface area contributed by atoms with Crippen molar-refractivity contribution in [3.8, 4) is 17.2 Å². The molecule has 1 heterocycles. The van der Waals surface area contributed by atoms with Crippen LogP contribution in [0, 0.1) is 5.82 Å². The van der Waals surface area contributed by atoms with Crippen molar-refractivity contribution in [2.45, 2.75) is 32.5 Å². The van der Waals surface area contributed by atoms with Gasteiger partial charge in [-0.1, -0.05) is 12.1 Å². The molecule has 0 spiro atoms. The largest absolute Gasteiger partial charge is 0.495 e. The number of rotatable bonds is 7. The second-order valence-corrected chi connectivity index (χ2v) is 9.41. The summed E-state index contributed by atoms with van der Waals surface area (Å²) in [7, 11) is 3.10. The number of amides is 1. The van der Waals surface area contributed by atoms with E-state index in [1.807, 2.05) is 11.8 Å². The quantitative estimate of drug-likeness (QED) is 0.473. The Hall–Kier alpha value is -1.84. The van der Waals surface area contributed by atoms with E-state index in [1.54, 1.807) is 32.4 Å². The number of carbonyl (C=O) groups is 1. The first kappa shape index (κ1) is 24.8. The van der Waals surface area contributed by atoms with Gasteiger partial charge in [-0.05, 0) is 63.4 Å². The van der Waals surface area contributed by atoms with E-state index < -0.39 is 0 Å². The van der Waals surface area contributed by atoms with Crippen LogP contribution in [-0.4, -0.2) is 61.7 Å². The standard InChI is InChI=1S/C23H27Br2FN2O4/c1-14-11-28(15(2)10-27(14)12-16-5-7-17(26)8-6-16)20(29)13-32-23-21(24)18(30-3)9-19(31-4)22(23)25/h5-9,14-15H,10-13H2,1-4H3/t14-,15+/m1/s1. The third-order valence-corrected chi connectivity index (χ3v) is 7.11. The van der Waals surface area contributed by atoms with Crippen LogP contribution in [0.5, 0.6) is 17.2 Å². The van der Waals surface area contributed by atoms with Gasteiger partial charge in [0.2, 0.25) is 0 Å². The molecule has 9 heteroatoms. The van der Waals surface area contributed by atoms with Crippen LogP contribution in [0.2, 0.25) is 0 Å². The summed E-state index contributed by atoms with van der Waals surface area (Å²) in [6.45, 7) is 6.05. The van der Waals surface area contributed by atoms with E-state index in [0.29, 0.717) is 39.3 Å². The second kappa shape index (κ2) is 10.9. The molecule has 1 amide bonds. The highest BCUT2D eigenvalue weighted by Gasteiger charge is 2.32. The van der Waals surface area contributed by atoms with E-state index in [2.05, 4.69) is 43.7 Å². The smallest absolute Gasteiger partial charge is 0.260 e. The fourth-order valence-corrected chi connectivity index (χ4v) is 5.24. The van der Waals surface area contributed by atoms with Crippen molar-refractivity contribution in [2.75, 3.05) is 33.9 Å². The monoisotopic (exact) mass is 572 g/mol. The Kier molecular flexibility index (Phi) is 8.41. The molecular formula is C23H27Br2FN2O4. The van der Waals surface area contributed by atoms with Crippen LogP contribution in [0.4, 0.5) is 4.39 Å². The molecule has 32 heavy (non-hydrogen) atoms. The third kappa shape index (κ3) is 5.55. The highest BCUT2D eigenvalue weighted by atomic mass is 79.9. The average molecular weight is 574 g/mol. The Labute approximate surface area is 204 Å². The van der Waals surface area contributed by atoms with Crippen molar-refractivity contribution in [2.24, 2.45) is 0 Å². The number of halogens is 3. The van der Waals surface area contributed by atoms with Gasteiger partial charge in [-0.25, -0.2) is 4.39 Å². The summed E-state index contributed by atoms with van der Waals surface area (Å²) in [4.78, 5) is 17.2. The Morgan fingerprint density at radius 1 is 1.03 bits per heavy atom. The zero-order chi connectivity index (χ0) is 23.4. The van der Waals surface area contributed by atoms with Crippen molar-refractivity contribution >= 4 is 37.8 Å². The minimum absolute atomic E-state index is 0.0227. The summed E-state index contributed by atoms with van der Waals surface area (Å²) in [5, 5.41) is 0. The van der Waals surface area contributed by atoms with Gasteiger partial charge in [0, 0.05) is 37.8 Å². The minimum atomic E-state index is -0.238. The topological polar surface area (TPSA) is 51.2 Å². The van der Waals surface area contributed by atoms with Crippen molar-refractivity contribution in [3.63, 3.8) is 0 Å². The maximum atomic E-state index is 13.2. The molecule has 2 atom stereocenters. The lowest BCUT2D eigenvalue weighted by molar-refractivity contribution is -0.139. The van der Waals surface area contributed by atoms with Gasteiger partial charge in [0.1, 0.15) is 26.3 Å². The Bertz CT molecular complexity index is 930. The van der Waals surface area contributed by atoms with Crippen LogP contribution in [0.3, 0.4) is 0 Å². The minimum Gasteiger partial charge on any atom is -0.495 e. The van der Waals surface area contributed by atoms with Crippen LogP contribution >= 0.6 is 31.9 Å². The summed E-state index contributed by atoms with van der Waals surface area (Å²) in [6, 6.07) is 8.47. The van der Waals surface area contributed by atoms with Crippen molar-refractivity contribution in [1.82, 2.24) is 9.80 Å². The Morgan fingerprint density at radius 3 is 2.19 bits per heavy atom. The number of piperazine rings is 1. The molecule has 0 radical (unpaired) electrons. The fraction of sp³-hybridized carbons (Fsp3) is 0.435. The number of benzene rings is 2. The van der Waals surface area contributed by atoms with E-state index in [-0.39, 0.29) is 30.4 Å². The van der Waals surface area contributed by atoms with Crippen LogP contribution in [-0.2, 0) is 11.3 Å². The average Bonchev–Trinajstić information content (AvgIpc) is 2.77. The second-order valence-electron chi connectivity index (χ2n) is 7.83. The van der Waals surface area contributed by atoms with Gasteiger partial charge >= 0.3 is 0 Å². The van der Waals surface area contributed by atoms with Crippen molar-refractivity contribution in [1.29, 1.82) is 0 Å². The number of ether oxygens (including phenoxy) is 3. The third-order valence-electron chi connectivity index (χ3n) is 5.61. The number of hydrogen-bond donors (Lipinski definition) is 0. The van der Waals surface area contributed by atoms with Gasteiger partial charge in [0.05, 0.1) is 14.2 Å². The lowest BCUT2D eigenvalue weighted by atomic mass is 10.1. The molecule has 174 valence electrons. The molecule has 0 unspecified atom stereocenters. The molecule has 0 N–H and O–H groups in total. The molecule has 3 rings (SSSR count). The van der Waals surface area contributed by atoms with Gasteiger partial charge in [-0.15, -0.1) is 0 Å². The van der Waals surface area contributed by atoms with E-state index in [1.165, 1.54) is 12.1 Å². The molecule has 0 saturated carbocycles. The summed E-state index contributed by atoms with van der Waals surface area (Å²) >= 11 is 6.95. The van der Waals surface area contributed by atoms with E-state index >= 15 is 0 Å². The molecule has 2 aromatic rings. The highest BCUT2D eigenvalue weighted by Crippen LogP contribution is 2.46. The first-order chi connectivity index (χ1) is 15.2. The number of nitrogens with zero attached hydrogens (tertiary/aromatic N) is 2. The predicted octanol–water partition coefficient (Wildman–Crippen LogP) is 4.87. The molecule has 0 bridgehead atoms. The number of carbonyl (C=O) groups excluding carboxylic acids is 1.